The van der Waals surface area contributed by atoms with Gasteiger partial charge in [0.15, 0.2) is 22.4 Å². The van der Waals surface area contributed by atoms with Crippen LogP contribution in [0.15, 0.2) is 71.6 Å². The summed E-state index contributed by atoms with van der Waals surface area (Å²) in [5.41, 5.74) is 4.42. The van der Waals surface area contributed by atoms with Gasteiger partial charge in [0, 0.05) is 5.69 Å². The second kappa shape index (κ2) is 11.4. The number of ether oxygens (including phenoxy) is 2. The summed E-state index contributed by atoms with van der Waals surface area (Å²) in [5, 5.41) is 2.82. The smallest absolute Gasteiger partial charge is 0.270 e. The van der Waals surface area contributed by atoms with E-state index >= 15 is 0 Å². The number of hydrogen-bond acceptors (Lipinski definition) is 6. The van der Waals surface area contributed by atoms with Gasteiger partial charge in [-0.1, -0.05) is 67.3 Å². The Morgan fingerprint density at radius 2 is 1.83 bits per heavy atom. The number of para-hydroxylation sites is 1. The number of rotatable bonds is 8. The van der Waals surface area contributed by atoms with Crippen molar-refractivity contribution in [2.24, 2.45) is 0 Å². The molecule has 0 aliphatic carbocycles. The molecule has 1 aliphatic rings. The molecule has 0 bridgehead atoms. The van der Waals surface area contributed by atoms with Crippen LogP contribution in [0.1, 0.15) is 23.6 Å². The van der Waals surface area contributed by atoms with E-state index in [9.17, 15) is 9.59 Å². The van der Waals surface area contributed by atoms with Crippen molar-refractivity contribution in [1.82, 2.24) is 0 Å². The fourth-order valence-electron chi connectivity index (χ4n) is 3.70. The molecule has 0 saturated carbocycles. The van der Waals surface area contributed by atoms with Crippen molar-refractivity contribution in [2.75, 3.05) is 23.9 Å². The predicted octanol–water partition coefficient (Wildman–Crippen LogP) is 5.99. The number of hydrogen-bond donors (Lipinski definition) is 1. The monoisotopic (exact) mass is 518 g/mol. The number of thioether (sulfide) groups is 1. The molecular weight excluding hydrogens is 492 g/mol. The van der Waals surface area contributed by atoms with Crippen molar-refractivity contribution in [1.29, 1.82) is 0 Å². The fourth-order valence-corrected chi connectivity index (χ4v) is 4.98. The van der Waals surface area contributed by atoms with E-state index in [4.69, 9.17) is 21.7 Å². The fraction of sp³-hybridized carbons (Fsp3) is 0.179. The van der Waals surface area contributed by atoms with E-state index in [1.165, 1.54) is 24.4 Å². The van der Waals surface area contributed by atoms with Gasteiger partial charge in [-0.2, -0.15) is 0 Å². The molecule has 1 heterocycles. The first-order valence-electron chi connectivity index (χ1n) is 11.4. The van der Waals surface area contributed by atoms with E-state index in [0.29, 0.717) is 26.4 Å². The van der Waals surface area contributed by atoms with Gasteiger partial charge in [0.25, 0.3) is 11.8 Å². The van der Waals surface area contributed by atoms with E-state index in [-0.39, 0.29) is 18.4 Å². The Kier molecular flexibility index (Phi) is 8.07. The number of amides is 2. The van der Waals surface area contributed by atoms with Gasteiger partial charge in [0.2, 0.25) is 0 Å². The molecule has 1 N–H and O–H groups in total. The summed E-state index contributed by atoms with van der Waals surface area (Å²) in [5.74, 6) is 0.448. The number of methoxy groups -OCH3 is 1. The Morgan fingerprint density at radius 1 is 1.08 bits per heavy atom. The number of aryl methyl sites for hydroxylation is 2. The lowest BCUT2D eigenvalue weighted by molar-refractivity contribution is -0.118. The molecule has 6 nitrogen and oxygen atoms in total. The first-order chi connectivity index (χ1) is 17.4. The molecule has 8 heteroatoms. The summed E-state index contributed by atoms with van der Waals surface area (Å²) in [6.45, 7) is 3.86. The molecule has 2 amide bonds. The average molecular weight is 519 g/mol. The molecule has 0 unspecified atom stereocenters. The van der Waals surface area contributed by atoms with Crippen molar-refractivity contribution in [3.63, 3.8) is 0 Å². The van der Waals surface area contributed by atoms with Gasteiger partial charge in [0.05, 0.1) is 17.7 Å². The molecule has 0 radical (unpaired) electrons. The summed E-state index contributed by atoms with van der Waals surface area (Å²) in [6.07, 6.45) is 2.71. The number of carbonyl (C=O) groups excluding carboxylic acids is 2. The highest BCUT2D eigenvalue weighted by Gasteiger charge is 2.34. The van der Waals surface area contributed by atoms with Gasteiger partial charge < -0.3 is 14.8 Å². The van der Waals surface area contributed by atoms with E-state index in [0.717, 1.165) is 23.2 Å². The lowest BCUT2D eigenvalue weighted by atomic mass is 10.1. The van der Waals surface area contributed by atoms with Gasteiger partial charge in [-0.15, -0.1) is 0 Å². The number of carbonyl (C=O) groups is 2. The molecule has 0 aromatic heterocycles. The highest BCUT2D eigenvalue weighted by molar-refractivity contribution is 8.27. The van der Waals surface area contributed by atoms with Gasteiger partial charge in [0.1, 0.15) is 0 Å². The lowest BCUT2D eigenvalue weighted by Crippen LogP contribution is -2.28. The van der Waals surface area contributed by atoms with E-state index in [2.05, 4.69) is 12.2 Å². The van der Waals surface area contributed by atoms with Crippen molar-refractivity contribution in [2.45, 2.75) is 20.3 Å². The Morgan fingerprint density at radius 3 is 2.53 bits per heavy atom. The Labute approximate surface area is 220 Å². The lowest BCUT2D eigenvalue weighted by Gasteiger charge is -2.16. The highest BCUT2D eigenvalue weighted by atomic mass is 32.2. The summed E-state index contributed by atoms with van der Waals surface area (Å²) in [7, 11) is 1.53. The molecule has 184 valence electrons. The van der Waals surface area contributed by atoms with E-state index in [1.54, 1.807) is 29.2 Å². The molecule has 3 aromatic carbocycles. The third-order valence-electron chi connectivity index (χ3n) is 5.64. The van der Waals surface area contributed by atoms with Crippen molar-refractivity contribution in [3.8, 4) is 11.5 Å². The first kappa shape index (κ1) is 25.5. The molecular formula is C28H26N2O4S2. The summed E-state index contributed by atoms with van der Waals surface area (Å²) in [4.78, 5) is 27.5. The SMILES string of the molecule is CCc1ccc(NC(=O)COc2ccc(/C=C3\SC(=S)N(c4ccccc4C)C3=O)cc2OC)cc1. The van der Waals surface area contributed by atoms with Crippen LogP contribution in [0.25, 0.3) is 6.08 Å². The van der Waals surface area contributed by atoms with Crippen molar-refractivity contribution in [3.05, 3.63) is 88.3 Å². The molecule has 1 fully saturated rings. The zero-order valence-corrected chi connectivity index (χ0v) is 21.9. The second-order valence-electron chi connectivity index (χ2n) is 8.10. The minimum atomic E-state index is -0.273. The Bertz CT molecular complexity index is 1340. The number of nitrogens with one attached hydrogen (secondary N) is 1. The minimum absolute atomic E-state index is 0.165. The summed E-state index contributed by atoms with van der Waals surface area (Å²) in [6, 6.07) is 20.6. The maximum atomic E-state index is 13.1. The summed E-state index contributed by atoms with van der Waals surface area (Å²) >= 11 is 6.74. The third-order valence-corrected chi connectivity index (χ3v) is 6.94. The predicted molar refractivity (Wildman–Crippen MR) is 150 cm³/mol. The molecule has 1 aliphatic heterocycles. The molecule has 0 spiro atoms. The maximum Gasteiger partial charge on any atom is 0.270 e. The first-order valence-corrected chi connectivity index (χ1v) is 12.6. The molecule has 3 aromatic rings. The van der Waals surface area contributed by atoms with Crippen LogP contribution in [0.5, 0.6) is 11.5 Å². The van der Waals surface area contributed by atoms with Crippen molar-refractivity contribution >= 4 is 57.6 Å². The number of nitrogens with zero attached hydrogens (tertiary/aromatic N) is 1. The van der Waals surface area contributed by atoms with Gasteiger partial charge >= 0.3 is 0 Å². The van der Waals surface area contributed by atoms with Crippen LogP contribution in [0.2, 0.25) is 0 Å². The van der Waals surface area contributed by atoms with Gasteiger partial charge in [-0.3, -0.25) is 14.5 Å². The Hall–Kier alpha value is -3.62. The zero-order chi connectivity index (χ0) is 25.7. The third kappa shape index (κ3) is 5.78. The van der Waals surface area contributed by atoms with Crippen LogP contribution in [0, 0.1) is 6.92 Å². The number of benzene rings is 3. The van der Waals surface area contributed by atoms with Crippen LogP contribution < -0.4 is 19.7 Å². The quantitative estimate of drug-likeness (QED) is 0.292. The number of thiocarbonyl (C=S) groups is 1. The normalized spacial score (nSPS) is 14.3. The number of anilines is 2. The summed E-state index contributed by atoms with van der Waals surface area (Å²) < 4.78 is 11.7. The van der Waals surface area contributed by atoms with E-state index < -0.39 is 0 Å². The van der Waals surface area contributed by atoms with Crippen LogP contribution in [0.4, 0.5) is 11.4 Å². The van der Waals surface area contributed by atoms with Crippen LogP contribution in [-0.4, -0.2) is 29.9 Å². The van der Waals surface area contributed by atoms with Crippen LogP contribution >= 0.6 is 24.0 Å². The minimum Gasteiger partial charge on any atom is -0.493 e. The van der Waals surface area contributed by atoms with Gasteiger partial charge in [-0.25, -0.2) is 0 Å². The van der Waals surface area contributed by atoms with Crippen LogP contribution in [0.3, 0.4) is 0 Å². The van der Waals surface area contributed by atoms with E-state index in [1.807, 2.05) is 55.5 Å². The molecule has 36 heavy (non-hydrogen) atoms. The largest absolute Gasteiger partial charge is 0.493 e. The standard InChI is InChI=1S/C28H26N2O4S2/c1-4-19-9-12-21(13-10-19)29-26(31)17-34-23-14-11-20(15-24(23)33-3)16-25-27(32)30(28(35)36-25)22-8-6-5-7-18(22)2/h5-16H,4,17H2,1-3H3,(H,29,31)/b25-16-. The Balaban J connectivity index is 1.44. The van der Waals surface area contributed by atoms with Crippen LogP contribution in [-0.2, 0) is 16.0 Å². The molecule has 0 atom stereocenters. The topological polar surface area (TPSA) is 67.9 Å². The maximum absolute atomic E-state index is 13.1. The molecule has 4 rings (SSSR count). The van der Waals surface area contributed by atoms with Crippen molar-refractivity contribution < 1.29 is 19.1 Å². The zero-order valence-electron chi connectivity index (χ0n) is 20.2. The second-order valence-corrected chi connectivity index (χ2v) is 9.78. The van der Waals surface area contributed by atoms with Gasteiger partial charge in [-0.05, 0) is 66.4 Å². The average Bonchev–Trinajstić information content (AvgIpc) is 3.16. The highest BCUT2D eigenvalue weighted by Crippen LogP contribution is 2.38. The molecule has 1 saturated heterocycles.